The molecule has 2 aliphatic rings. The quantitative estimate of drug-likeness (QED) is 0.285. The number of azo groups is 2. The van der Waals surface area contributed by atoms with Gasteiger partial charge in [-0.15, -0.1) is 5.11 Å². The molecule has 2 rings (SSSR count). The summed E-state index contributed by atoms with van der Waals surface area (Å²) in [4.78, 5) is 7.27. The van der Waals surface area contributed by atoms with E-state index in [1.807, 2.05) is 0 Å². The molecule has 0 radical (unpaired) electrons. The summed E-state index contributed by atoms with van der Waals surface area (Å²) < 4.78 is 0.745. The van der Waals surface area contributed by atoms with E-state index in [1.54, 1.807) is 11.9 Å². The molecule has 0 unspecified atom stereocenters. The van der Waals surface area contributed by atoms with E-state index in [2.05, 4.69) is 15.1 Å². The monoisotopic (exact) mass is 204 g/mol. The zero-order valence-electron chi connectivity index (χ0n) is 7.28. The first-order valence-corrected chi connectivity index (χ1v) is 3.86. The molecule has 0 saturated carbocycles. The van der Waals surface area contributed by atoms with Gasteiger partial charge in [-0.2, -0.15) is 5.26 Å². The van der Waals surface area contributed by atoms with E-state index < -0.39 is 5.91 Å². The van der Waals surface area contributed by atoms with Gasteiger partial charge in [0.15, 0.2) is 6.54 Å². The fraction of sp³-hybridized carbons (Fsp3) is 0.286. The molecule has 0 aliphatic carbocycles. The molecule has 8 nitrogen and oxygen atoms in total. The topological polar surface area (TPSA) is 127 Å². The molecule has 0 spiro atoms. The average Bonchev–Trinajstić information content (AvgIpc) is 2.59. The van der Waals surface area contributed by atoms with E-state index in [0.29, 0.717) is 0 Å². The number of nitriles is 1. The smallest absolute Gasteiger partial charge is 0.459 e. The van der Waals surface area contributed by atoms with Gasteiger partial charge in [0.2, 0.25) is 5.70 Å². The van der Waals surface area contributed by atoms with E-state index in [1.165, 1.54) is 0 Å². The number of rotatable bonds is 0. The number of hydrogen-bond donors (Lipinski definition) is 2. The molecule has 15 heavy (non-hydrogen) atoms. The first-order valence-electron chi connectivity index (χ1n) is 3.86. The first-order chi connectivity index (χ1) is 7.08. The standard InChI is InChI=1S/C7H4N6O2/c8-1-4-5(2-9)12-6(11-4)13-7(14,15)3-10-13/h14-15H,3H2. The van der Waals surface area contributed by atoms with Crippen molar-refractivity contribution in [3.63, 3.8) is 0 Å². The Kier molecular flexibility index (Phi) is 1.81. The molecule has 2 aliphatic heterocycles. The summed E-state index contributed by atoms with van der Waals surface area (Å²) in [6.07, 6.45) is 0. The highest BCUT2D eigenvalue weighted by atomic mass is 16.5. The Labute approximate surface area is 83.3 Å². The maximum Gasteiger partial charge on any atom is 0.459 e. The zero-order valence-corrected chi connectivity index (χ0v) is 7.28. The van der Waals surface area contributed by atoms with Gasteiger partial charge in [0, 0.05) is 0 Å². The van der Waals surface area contributed by atoms with Gasteiger partial charge in [-0.05, 0) is 0 Å². The molecule has 2 N–H and O–H groups in total. The van der Waals surface area contributed by atoms with Crippen molar-refractivity contribution in [1.29, 1.82) is 5.26 Å². The Morgan fingerprint density at radius 3 is 2.53 bits per heavy atom. The molecule has 0 saturated heterocycles. The normalized spacial score (nSPS) is 21.9. The molecule has 0 fully saturated rings. The number of guanidine groups is 1. The summed E-state index contributed by atoms with van der Waals surface area (Å²) in [5, 5.41) is 39.2. The molecule has 2 heterocycles. The maximum absolute atomic E-state index is 9.21. The van der Waals surface area contributed by atoms with Gasteiger partial charge in [0.25, 0.3) is 5.71 Å². The van der Waals surface area contributed by atoms with Crippen molar-refractivity contribution in [3.8, 4) is 6.07 Å². The second-order valence-electron chi connectivity index (χ2n) is 2.83. The van der Waals surface area contributed by atoms with Crippen LogP contribution in [0.5, 0.6) is 0 Å². The Hall–Kier alpha value is -2.20. The Balaban J connectivity index is 2.41. The Bertz CT molecular complexity index is 514. The van der Waals surface area contributed by atoms with Crippen LogP contribution in [0.1, 0.15) is 0 Å². The van der Waals surface area contributed by atoms with Crippen LogP contribution in [0, 0.1) is 11.3 Å². The molecule has 0 amide bonds. The molecular weight excluding hydrogens is 200 g/mol. The second kappa shape index (κ2) is 2.90. The summed E-state index contributed by atoms with van der Waals surface area (Å²) in [7, 11) is 0. The predicted octanol–water partition coefficient (Wildman–Crippen LogP) is -1.44. The summed E-state index contributed by atoms with van der Waals surface area (Å²) in [5.41, 5.74) is -0.323. The summed E-state index contributed by atoms with van der Waals surface area (Å²) in [5.74, 6) is -0.629. The average molecular weight is 204 g/mol. The second-order valence-corrected chi connectivity index (χ2v) is 2.83. The highest BCUT2D eigenvalue weighted by molar-refractivity contribution is 6.22. The SMILES string of the molecule is N#CC1=NC([N+]2=NCC2(O)O)=NC1=C=[N-]. The molecular formula is C7H4N6O2. The minimum absolute atomic E-state index is 0.162. The summed E-state index contributed by atoms with van der Waals surface area (Å²) in [6.45, 7) is -0.189. The lowest BCUT2D eigenvalue weighted by atomic mass is 10.3. The van der Waals surface area contributed by atoms with Crippen LogP contribution in [-0.2, 0) is 0 Å². The minimum atomic E-state index is -2.13. The zero-order chi connectivity index (χ0) is 11.1. The minimum Gasteiger partial charge on any atom is -0.760 e. The molecule has 8 heteroatoms. The van der Waals surface area contributed by atoms with Gasteiger partial charge in [0.1, 0.15) is 6.07 Å². The van der Waals surface area contributed by atoms with E-state index in [9.17, 15) is 10.2 Å². The molecule has 0 aromatic carbocycles. The number of aliphatic hydroxyl groups is 2. The third-order valence-electron chi connectivity index (χ3n) is 1.81. The van der Waals surface area contributed by atoms with Gasteiger partial charge in [-0.3, -0.25) is 0 Å². The van der Waals surface area contributed by atoms with Crippen LogP contribution in [0.15, 0.2) is 20.8 Å². The highest BCUT2D eigenvalue weighted by Crippen LogP contribution is 2.19. The Morgan fingerprint density at radius 1 is 1.47 bits per heavy atom. The van der Waals surface area contributed by atoms with Gasteiger partial charge in [-0.25, -0.2) is 5.87 Å². The maximum atomic E-state index is 9.21. The van der Waals surface area contributed by atoms with E-state index in [4.69, 9.17) is 10.7 Å². The predicted molar refractivity (Wildman–Crippen MR) is 47.1 cm³/mol. The van der Waals surface area contributed by atoms with Crippen molar-refractivity contribution in [1.82, 2.24) is 0 Å². The van der Waals surface area contributed by atoms with E-state index >= 15 is 0 Å². The summed E-state index contributed by atoms with van der Waals surface area (Å²) >= 11 is 0. The summed E-state index contributed by atoms with van der Waals surface area (Å²) in [6, 6.07) is 1.67. The van der Waals surface area contributed by atoms with Crippen LogP contribution >= 0.6 is 0 Å². The Morgan fingerprint density at radius 2 is 2.20 bits per heavy atom. The third kappa shape index (κ3) is 1.28. The van der Waals surface area contributed by atoms with E-state index in [0.717, 1.165) is 4.70 Å². The van der Waals surface area contributed by atoms with Crippen LogP contribution < -0.4 is 0 Å². The van der Waals surface area contributed by atoms with Gasteiger partial charge in [0.05, 0.1) is 0 Å². The van der Waals surface area contributed by atoms with Gasteiger partial charge >= 0.3 is 11.9 Å². The molecule has 0 atom stereocenters. The van der Waals surface area contributed by atoms with Crippen molar-refractivity contribution >= 4 is 17.5 Å². The van der Waals surface area contributed by atoms with Crippen LogP contribution in [-0.4, -0.2) is 44.9 Å². The lowest BCUT2D eigenvalue weighted by Gasteiger charge is -2.24. The molecule has 0 bridgehead atoms. The van der Waals surface area contributed by atoms with Crippen LogP contribution in [0.2, 0.25) is 0 Å². The lowest BCUT2D eigenvalue weighted by molar-refractivity contribution is -0.724. The van der Waals surface area contributed by atoms with Crippen LogP contribution in [0.4, 0.5) is 0 Å². The van der Waals surface area contributed by atoms with Gasteiger partial charge < -0.3 is 15.6 Å². The van der Waals surface area contributed by atoms with Crippen molar-refractivity contribution in [2.75, 3.05) is 6.54 Å². The largest absolute Gasteiger partial charge is 0.760 e. The van der Waals surface area contributed by atoms with E-state index in [-0.39, 0.29) is 23.9 Å². The molecule has 0 aromatic rings. The number of aliphatic imine (C=N–C) groups is 2. The van der Waals surface area contributed by atoms with Crippen molar-refractivity contribution < 1.29 is 14.9 Å². The number of allylic oxidation sites excluding steroid dienone is 1. The van der Waals surface area contributed by atoms with Gasteiger partial charge in [-0.1, -0.05) is 14.7 Å². The van der Waals surface area contributed by atoms with Crippen LogP contribution in [0.25, 0.3) is 5.41 Å². The number of hydrogen-bond acceptors (Lipinski definition) is 6. The van der Waals surface area contributed by atoms with Crippen molar-refractivity contribution in [3.05, 3.63) is 11.1 Å². The fourth-order valence-corrected chi connectivity index (χ4v) is 1.07. The fourth-order valence-electron chi connectivity index (χ4n) is 1.07. The molecule has 0 aromatic heterocycles. The first kappa shape index (κ1) is 9.36. The highest BCUT2D eigenvalue weighted by Gasteiger charge is 2.48. The third-order valence-corrected chi connectivity index (χ3v) is 1.81. The van der Waals surface area contributed by atoms with Crippen molar-refractivity contribution in [2.24, 2.45) is 15.1 Å². The van der Waals surface area contributed by atoms with Crippen LogP contribution in [0.3, 0.4) is 0 Å². The number of nitrogens with zero attached hydrogens (tertiary/aromatic N) is 6. The molecule has 74 valence electrons. The lowest BCUT2D eigenvalue weighted by Crippen LogP contribution is -2.53. The van der Waals surface area contributed by atoms with Crippen molar-refractivity contribution in [2.45, 2.75) is 5.91 Å².